The van der Waals surface area contributed by atoms with Gasteiger partial charge in [0.1, 0.15) is 17.3 Å². The van der Waals surface area contributed by atoms with Crippen molar-refractivity contribution >= 4 is 23.4 Å². The molecule has 1 atom stereocenters. The third kappa shape index (κ3) is 4.82. The Balaban J connectivity index is 1.61. The van der Waals surface area contributed by atoms with E-state index in [1.54, 1.807) is 12.1 Å². The first-order chi connectivity index (χ1) is 16.4. The molecule has 3 heterocycles. The van der Waals surface area contributed by atoms with E-state index in [1.807, 2.05) is 42.7 Å². The highest BCUT2D eigenvalue weighted by atomic mass is 16.6. The van der Waals surface area contributed by atoms with Crippen LogP contribution in [-0.4, -0.2) is 47.7 Å². The average molecular weight is 464 g/mol. The number of nitro benzene ring substituents is 1. The maximum Gasteiger partial charge on any atom is 0.294 e. The van der Waals surface area contributed by atoms with Crippen LogP contribution in [0.2, 0.25) is 0 Å². The van der Waals surface area contributed by atoms with E-state index < -0.39 is 5.91 Å². The molecule has 2 aromatic rings. The monoisotopic (exact) mass is 463 g/mol. The molecule has 0 radical (unpaired) electrons. The zero-order valence-electron chi connectivity index (χ0n) is 19.5. The van der Waals surface area contributed by atoms with Crippen LogP contribution in [0, 0.1) is 35.3 Å². The number of carbonyl (C=O) groups excluding carboxylic acids is 1. The van der Waals surface area contributed by atoms with Gasteiger partial charge in [-0.05, 0) is 69.4 Å². The number of aryl methyl sites for hydroxylation is 1. The number of rotatable bonds is 7. The lowest BCUT2D eigenvalue weighted by Gasteiger charge is -2.19. The molecule has 1 N–H and O–H groups in total. The van der Waals surface area contributed by atoms with Crippen molar-refractivity contribution in [2.75, 3.05) is 31.1 Å². The Morgan fingerprint density at radius 2 is 2.06 bits per heavy atom. The molecule has 0 unspecified atom stereocenters. The van der Waals surface area contributed by atoms with Crippen molar-refractivity contribution in [1.82, 2.24) is 9.88 Å². The summed E-state index contributed by atoms with van der Waals surface area (Å²) in [4.78, 5) is 26.1. The zero-order chi connectivity index (χ0) is 24.2. The van der Waals surface area contributed by atoms with Crippen LogP contribution < -0.4 is 10.2 Å². The summed E-state index contributed by atoms with van der Waals surface area (Å²) >= 11 is 0. The highest BCUT2D eigenvalue weighted by Crippen LogP contribution is 2.34. The van der Waals surface area contributed by atoms with E-state index in [9.17, 15) is 20.2 Å². The van der Waals surface area contributed by atoms with Crippen LogP contribution in [0.5, 0.6) is 0 Å². The van der Waals surface area contributed by atoms with Crippen molar-refractivity contribution in [2.45, 2.75) is 45.6 Å². The molecular formula is C25H29N5O4. The molecule has 34 heavy (non-hydrogen) atoms. The fourth-order valence-corrected chi connectivity index (χ4v) is 4.76. The summed E-state index contributed by atoms with van der Waals surface area (Å²) < 4.78 is 7.43. The fraction of sp³-hybridized carbons (Fsp3) is 0.440. The molecule has 1 amide bonds. The molecule has 1 aromatic carbocycles. The maximum atomic E-state index is 12.5. The predicted molar refractivity (Wildman–Crippen MR) is 129 cm³/mol. The molecular weight excluding hydrogens is 434 g/mol. The molecule has 0 aliphatic carbocycles. The number of nitriles is 1. The van der Waals surface area contributed by atoms with Crippen molar-refractivity contribution in [2.24, 2.45) is 0 Å². The second-order valence-corrected chi connectivity index (χ2v) is 8.80. The van der Waals surface area contributed by atoms with E-state index in [0.717, 1.165) is 50.2 Å². The molecule has 2 saturated heterocycles. The number of nitro groups is 1. The number of hydrogen-bond acceptors (Lipinski definition) is 6. The van der Waals surface area contributed by atoms with Crippen LogP contribution in [0.3, 0.4) is 0 Å². The number of carbonyl (C=O) groups is 1. The lowest BCUT2D eigenvalue weighted by molar-refractivity contribution is -0.384. The highest BCUT2D eigenvalue weighted by Gasteiger charge is 2.24. The van der Waals surface area contributed by atoms with Gasteiger partial charge in [-0.1, -0.05) is 0 Å². The van der Waals surface area contributed by atoms with Crippen molar-refractivity contribution in [3.63, 3.8) is 0 Å². The molecule has 9 nitrogen and oxygen atoms in total. The minimum Gasteiger partial charge on any atom is -0.376 e. The van der Waals surface area contributed by atoms with Crippen LogP contribution in [0.15, 0.2) is 29.8 Å². The zero-order valence-corrected chi connectivity index (χ0v) is 19.5. The Morgan fingerprint density at radius 3 is 2.71 bits per heavy atom. The Kier molecular flexibility index (Phi) is 6.98. The molecule has 2 aliphatic rings. The fourth-order valence-electron chi connectivity index (χ4n) is 4.76. The van der Waals surface area contributed by atoms with Gasteiger partial charge < -0.3 is 19.5 Å². The normalized spacial score (nSPS) is 18.2. The van der Waals surface area contributed by atoms with E-state index >= 15 is 0 Å². The van der Waals surface area contributed by atoms with Gasteiger partial charge in [0.25, 0.3) is 11.6 Å². The Labute approximate surface area is 198 Å². The van der Waals surface area contributed by atoms with Gasteiger partial charge in [-0.25, -0.2) is 0 Å². The molecule has 178 valence electrons. The third-order valence-electron chi connectivity index (χ3n) is 6.51. The number of nitrogens with zero attached hydrogens (tertiary/aromatic N) is 4. The molecule has 0 saturated carbocycles. The second kappa shape index (κ2) is 10.1. The lowest BCUT2D eigenvalue weighted by atomic mass is 10.1. The lowest BCUT2D eigenvalue weighted by Crippen LogP contribution is -2.32. The van der Waals surface area contributed by atoms with E-state index in [-0.39, 0.29) is 22.3 Å². The Bertz CT molecular complexity index is 1160. The van der Waals surface area contributed by atoms with Gasteiger partial charge >= 0.3 is 0 Å². The summed E-state index contributed by atoms with van der Waals surface area (Å²) in [5.41, 5.74) is 3.76. The van der Waals surface area contributed by atoms with Crippen LogP contribution in [0.25, 0.3) is 11.8 Å². The van der Waals surface area contributed by atoms with Crippen molar-refractivity contribution in [3.05, 3.63) is 56.9 Å². The molecule has 2 fully saturated rings. The van der Waals surface area contributed by atoms with Crippen LogP contribution in [0.1, 0.15) is 42.6 Å². The molecule has 4 rings (SSSR count). The second-order valence-electron chi connectivity index (χ2n) is 8.80. The SMILES string of the molecule is Cc1cc(/C=C(\C#N)C(=O)NC[C@H]2CCCO2)c(C)n1-c1ccc(N2CCCC2)c([N+](=O)[O-])c1. The maximum absolute atomic E-state index is 12.5. The van der Waals surface area contributed by atoms with Gasteiger partial charge in [-0.2, -0.15) is 5.26 Å². The molecule has 1 aromatic heterocycles. The quantitative estimate of drug-likeness (QED) is 0.289. The summed E-state index contributed by atoms with van der Waals surface area (Å²) in [6.45, 7) is 6.49. The first-order valence-electron chi connectivity index (χ1n) is 11.6. The summed E-state index contributed by atoms with van der Waals surface area (Å²) in [5, 5.41) is 24.2. The largest absolute Gasteiger partial charge is 0.376 e. The number of amides is 1. The van der Waals surface area contributed by atoms with Gasteiger partial charge in [0.05, 0.1) is 16.7 Å². The number of hydrogen-bond donors (Lipinski definition) is 1. The number of nitrogens with one attached hydrogen (secondary N) is 1. The standard InChI is InChI=1S/C25H29N5O4/c1-17-12-19(13-20(15-26)25(31)27-16-22-6-5-11-34-22)18(2)29(17)21-7-8-23(24(14-21)30(32)33)28-9-3-4-10-28/h7-8,12-14,22H,3-6,9-11,16H2,1-2H3,(H,27,31)/b20-13+/t22-/m1/s1. The first-order valence-corrected chi connectivity index (χ1v) is 11.6. The van der Waals surface area contributed by atoms with Crippen molar-refractivity contribution in [3.8, 4) is 11.8 Å². The number of benzene rings is 1. The van der Waals surface area contributed by atoms with Gasteiger partial charge in [-0.3, -0.25) is 14.9 Å². The van der Waals surface area contributed by atoms with E-state index in [4.69, 9.17) is 4.74 Å². The van der Waals surface area contributed by atoms with E-state index in [0.29, 0.717) is 30.1 Å². The summed E-state index contributed by atoms with van der Waals surface area (Å²) in [6.07, 6.45) is 5.50. The summed E-state index contributed by atoms with van der Waals surface area (Å²) in [6, 6.07) is 9.16. The summed E-state index contributed by atoms with van der Waals surface area (Å²) in [7, 11) is 0. The minimum atomic E-state index is -0.437. The Hall–Kier alpha value is -3.64. The number of anilines is 1. The Morgan fingerprint density at radius 1 is 1.29 bits per heavy atom. The average Bonchev–Trinajstić information content (AvgIpc) is 3.58. The summed E-state index contributed by atoms with van der Waals surface area (Å²) in [5.74, 6) is -0.437. The van der Waals surface area contributed by atoms with Gasteiger partial charge in [0.2, 0.25) is 0 Å². The highest BCUT2D eigenvalue weighted by molar-refractivity contribution is 6.01. The van der Waals surface area contributed by atoms with E-state index in [2.05, 4.69) is 10.2 Å². The third-order valence-corrected chi connectivity index (χ3v) is 6.51. The van der Waals surface area contributed by atoms with E-state index in [1.165, 1.54) is 0 Å². The van der Waals surface area contributed by atoms with Crippen molar-refractivity contribution < 1.29 is 14.5 Å². The van der Waals surface area contributed by atoms with Crippen molar-refractivity contribution in [1.29, 1.82) is 5.26 Å². The minimum absolute atomic E-state index is 0.00622. The molecule has 2 aliphatic heterocycles. The number of ether oxygens (including phenoxy) is 1. The van der Waals surface area contributed by atoms with Gasteiger partial charge in [-0.15, -0.1) is 0 Å². The smallest absolute Gasteiger partial charge is 0.294 e. The molecule has 9 heteroatoms. The van der Waals surface area contributed by atoms with Crippen LogP contribution in [-0.2, 0) is 9.53 Å². The topological polar surface area (TPSA) is 113 Å². The first kappa shape index (κ1) is 23.5. The van der Waals surface area contributed by atoms with Crippen LogP contribution >= 0.6 is 0 Å². The molecule has 0 spiro atoms. The van der Waals surface area contributed by atoms with Gasteiger partial charge in [0.15, 0.2) is 0 Å². The van der Waals surface area contributed by atoms with Gasteiger partial charge in [0, 0.05) is 43.7 Å². The predicted octanol–water partition coefficient (Wildman–Crippen LogP) is 3.80. The number of aromatic nitrogens is 1. The van der Waals surface area contributed by atoms with Crippen LogP contribution in [0.4, 0.5) is 11.4 Å². The molecule has 0 bridgehead atoms.